The molecule has 0 saturated heterocycles. The van der Waals surface area contributed by atoms with Crippen LogP contribution in [0.15, 0.2) is 29.2 Å². The van der Waals surface area contributed by atoms with Crippen LogP contribution in [-0.2, 0) is 14.9 Å². The zero-order chi connectivity index (χ0) is 17.0. The highest BCUT2D eigenvalue weighted by molar-refractivity contribution is 8.32. The summed E-state index contributed by atoms with van der Waals surface area (Å²) in [7, 11) is -5.57. The third-order valence-electron chi connectivity index (χ3n) is 3.70. The van der Waals surface area contributed by atoms with E-state index in [1.807, 2.05) is 34.6 Å². The van der Waals surface area contributed by atoms with Gasteiger partial charge in [-0.3, -0.25) is 8.42 Å². The molecule has 0 aliphatic rings. The summed E-state index contributed by atoms with van der Waals surface area (Å²) in [5.74, 6) is 1.45. The van der Waals surface area contributed by atoms with Crippen molar-refractivity contribution in [2.24, 2.45) is 5.92 Å². The third-order valence-corrected chi connectivity index (χ3v) is 9.59. The first-order valence-electron chi connectivity index (χ1n) is 7.51. The molecule has 0 unspecified atom stereocenters. The van der Waals surface area contributed by atoms with E-state index in [1.165, 1.54) is 0 Å². The maximum atomic E-state index is 12.6. The molecule has 0 fully saturated rings. The van der Waals surface area contributed by atoms with Crippen molar-refractivity contribution in [1.82, 2.24) is 0 Å². The lowest BCUT2D eigenvalue weighted by atomic mass is 10.1. The number of aryl methyl sites for hydroxylation is 1. The Hall–Kier alpha value is -0.850. The van der Waals surface area contributed by atoms with E-state index < -0.39 is 20.4 Å². The van der Waals surface area contributed by atoms with E-state index in [-0.39, 0.29) is 22.3 Å². The smallest absolute Gasteiger partial charge is 0.298 e. The topological polar surface area (TPSA) is 64.0 Å². The zero-order valence-corrected chi connectivity index (χ0v) is 15.6. The minimum absolute atomic E-state index is 0.0848. The molecule has 6 heteroatoms. The molecule has 1 N–H and O–H groups in total. The van der Waals surface area contributed by atoms with Crippen LogP contribution >= 0.6 is 10.3 Å². The molecule has 126 valence electrons. The lowest BCUT2D eigenvalue weighted by molar-refractivity contribution is -0.119. The summed E-state index contributed by atoms with van der Waals surface area (Å²) in [5.41, 5.74) is 0.999. The van der Waals surface area contributed by atoms with Gasteiger partial charge in [0.15, 0.2) is 0 Å². The molecule has 0 amide bonds. The van der Waals surface area contributed by atoms with Crippen molar-refractivity contribution in [3.63, 3.8) is 0 Å². The summed E-state index contributed by atoms with van der Waals surface area (Å²) in [4.78, 5) is 12.3. The number of carbonyl (C=O) groups excluding carboxylic acids is 1. The van der Waals surface area contributed by atoms with Gasteiger partial charge < -0.3 is 0 Å². The predicted octanol–water partition coefficient (Wildman–Crippen LogP) is 3.76. The molecule has 0 spiro atoms. The van der Waals surface area contributed by atoms with Crippen molar-refractivity contribution in [3.05, 3.63) is 29.8 Å². The van der Waals surface area contributed by atoms with Gasteiger partial charge in [0.2, 0.25) is 0 Å². The second kappa shape index (κ2) is 7.62. The average molecular weight is 348 g/mol. The number of rotatable bonds is 8. The molecular formula is C16H27O4S2+. The summed E-state index contributed by atoms with van der Waals surface area (Å²) < 4.78 is 29.4. The number of benzene rings is 1. The molecule has 1 aromatic carbocycles. The lowest BCUT2D eigenvalue weighted by Gasteiger charge is -2.31. The molecule has 0 bridgehead atoms. The zero-order valence-electron chi connectivity index (χ0n) is 14.0. The fourth-order valence-corrected chi connectivity index (χ4v) is 7.16. The maximum Gasteiger partial charge on any atom is 0.421 e. The molecule has 1 aromatic rings. The van der Waals surface area contributed by atoms with Crippen LogP contribution in [0.4, 0.5) is 0 Å². The molecule has 0 atom stereocenters. The van der Waals surface area contributed by atoms with Gasteiger partial charge in [0.1, 0.15) is 10.7 Å². The Kier molecular flexibility index (Phi) is 6.65. The number of carbonyl (C=O) groups is 1. The fraction of sp³-hybridized carbons (Fsp3) is 0.562. The van der Waals surface area contributed by atoms with E-state index >= 15 is 0 Å². The Balaban J connectivity index is 3.08. The minimum Gasteiger partial charge on any atom is -0.298 e. The van der Waals surface area contributed by atoms with Crippen LogP contribution in [0.2, 0.25) is 0 Å². The summed E-state index contributed by atoms with van der Waals surface area (Å²) in [6.45, 7) is 9.42. The highest BCUT2D eigenvalue weighted by atomic mass is 32.3. The number of ketones is 1. The van der Waals surface area contributed by atoms with Crippen molar-refractivity contribution in [2.75, 3.05) is 17.3 Å². The van der Waals surface area contributed by atoms with E-state index in [1.54, 1.807) is 24.3 Å². The highest BCUT2D eigenvalue weighted by Gasteiger charge is 2.37. The van der Waals surface area contributed by atoms with Crippen LogP contribution in [0.1, 0.15) is 33.3 Å². The maximum absolute atomic E-state index is 12.6. The van der Waals surface area contributed by atoms with Crippen LogP contribution in [0, 0.1) is 12.8 Å². The van der Waals surface area contributed by atoms with Crippen LogP contribution in [-0.4, -0.2) is 35.1 Å². The van der Waals surface area contributed by atoms with Gasteiger partial charge in [0.25, 0.3) is 0 Å². The van der Waals surface area contributed by atoms with Crippen molar-refractivity contribution >= 4 is 26.2 Å². The van der Waals surface area contributed by atoms with Crippen molar-refractivity contribution in [2.45, 2.75) is 39.5 Å². The van der Waals surface area contributed by atoms with Crippen molar-refractivity contribution in [3.8, 4) is 0 Å². The van der Waals surface area contributed by atoms with E-state index in [9.17, 15) is 13.2 Å². The first-order valence-corrected chi connectivity index (χ1v) is 11.0. The third kappa shape index (κ3) is 4.83. The van der Waals surface area contributed by atoms with Crippen LogP contribution < -0.4 is 0 Å². The fourth-order valence-electron chi connectivity index (χ4n) is 1.93. The molecule has 0 aliphatic carbocycles. The number of Topliss-reactive ketones (excluding diaryl/α,β-unsaturated/α-hetero) is 1. The molecule has 0 radical (unpaired) electrons. The van der Waals surface area contributed by atoms with Gasteiger partial charge in [-0.1, -0.05) is 45.4 Å². The van der Waals surface area contributed by atoms with Gasteiger partial charge in [-0.05, 0) is 29.4 Å². The van der Waals surface area contributed by atoms with Gasteiger partial charge in [-0.15, -0.1) is 8.42 Å². The van der Waals surface area contributed by atoms with Crippen molar-refractivity contribution < 1.29 is 16.8 Å². The summed E-state index contributed by atoms with van der Waals surface area (Å²) >= 11 is 0. The number of hydrogen-bond acceptors (Lipinski definition) is 3. The SMILES string of the molecule is CCS(CC)(CC(=O)C(C)C)[OH+]S(=O)(=O)c1ccc(C)cc1. The Morgan fingerprint density at radius 2 is 1.59 bits per heavy atom. The van der Waals surface area contributed by atoms with E-state index in [0.717, 1.165) is 5.56 Å². The lowest BCUT2D eigenvalue weighted by Crippen LogP contribution is -2.28. The first-order chi connectivity index (χ1) is 10.2. The van der Waals surface area contributed by atoms with E-state index in [4.69, 9.17) is 0 Å². The molecule has 4 nitrogen and oxygen atoms in total. The van der Waals surface area contributed by atoms with Gasteiger partial charge in [-0.2, -0.15) is 0 Å². The molecule has 0 aliphatic heterocycles. The van der Waals surface area contributed by atoms with Gasteiger partial charge in [0.05, 0.1) is 5.75 Å². The first kappa shape index (κ1) is 19.2. The van der Waals surface area contributed by atoms with Gasteiger partial charge >= 0.3 is 10.1 Å². The summed E-state index contributed by atoms with van der Waals surface area (Å²) in [6.07, 6.45) is 0. The standard InChI is InChI=1S/C16H26O4S2/c1-6-21(7-2,12-16(17)13(3)4)20-22(18,19)15-10-8-14(5)9-11-15/h8-11,13H,6-7,12H2,1-5H3/p+1. The number of hydrogen-bond donors (Lipinski definition) is 0. The van der Waals surface area contributed by atoms with Gasteiger partial charge in [-0.25, -0.2) is 0 Å². The van der Waals surface area contributed by atoms with Crippen LogP contribution in [0.25, 0.3) is 0 Å². The summed E-state index contributed by atoms with van der Waals surface area (Å²) in [6, 6.07) is 6.68. The van der Waals surface area contributed by atoms with E-state index in [2.05, 4.69) is 3.63 Å². The molecule has 0 heterocycles. The Morgan fingerprint density at radius 1 is 1.09 bits per heavy atom. The minimum atomic E-state index is -3.72. The highest BCUT2D eigenvalue weighted by Crippen LogP contribution is 2.48. The van der Waals surface area contributed by atoms with Gasteiger partial charge in [0, 0.05) is 17.4 Å². The average Bonchev–Trinajstić information content (AvgIpc) is 2.46. The predicted molar refractivity (Wildman–Crippen MR) is 94.4 cm³/mol. The quantitative estimate of drug-likeness (QED) is 0.531. The Bertz CT molecular complexity index is 600. The molecule has 22 heavy (non-hydrogen) atoms. The molecular weight excluding hydrogens is 320 g/mol. The monoisotopic (exact) mass is 347 g/mol. The molecule has 0 aromatic heterocycles. The summed E-state index contributed by atoms with van der Waals surface area (Å²) in [5, 5.41) is 0. The normalized spacial score (nSPS) is 13.4. The second-order valence-electron chi connectivity index (χ2n) is 5.71. The Labute approximate surface area is 135 Å². The largest absolute Gasteiger partial charge is 0.421 e. The second-order valence-corrected chi connectivity index (χ2v) is 11.2. The van der Waals surface area contributed by atoms with Crippen LogP contribution in [0.3, 0.4) is 0 Å². The van der Waals surface area contributed by atoms with E-state index in [0.29, 0.717) is 11.5 Å². The Morgan fingerprint density at radius 3 is 2.00 bits per heavy atom. The van der Waals surface area contributed by atoms with Crippen molar-refractivity contribution in [1.29, 1.82) is 0 Å². The molecule has 0 saturated carbocycles. The van der Waals surface area contributed by atoms with Crippen LogP contribution in [0.5, 0.6) is 0 Å². The molecule has 1 rings (SSSR count).